The maximum atomic E-state index is 12.8. The first-order valence-corrected chi connectivity index (χ1v) is 5.45. The molecular weight excluding hydrogens is 207 g/mol. The van der Waals surface area contributed by atoms with E-state index in [0.717, 1.165) is 6.54 Å². The number of rotatable bonds is 3. The molecule has 1 heterocycles. The number of nitrogens with zero attached hydrogens (tertiary/aromatic N) is 2. The van der Waals surface area contributed by atoms with E-state index in [1.165, 1.54) is 24.8 Å². The Morgan fingerprint density at radius 2 is 2.38 bits per heavy atom. The first-order valence-electron chi connectivity index (χ1n) is 5.45. The molecule has 4 heteroatoms. The largest absolute Gasteiger partial charge is 0.341 e. The first-order chi connectivity index (χ1) is 7.58. The summed E-state index contributed by atoms with van der Waals surface area (Å²) >= 11 is 0. The fourth-order valence-electron chi connectivity index (χ4n) is 1.84. The van der Waals surface area contributed by atoms with E-state index in [1.54, 1.807) is 11.9 Å². The highest BCUT2D eigenvalue weighted by molar-refractivity contribution is 5.93. The Bertz CT molecular complexity index is 408. The third-order valence-corrected chi connectivity index (χ3v) is 3.10. The average molecular weight is 222 g/mol. The van der Waals surface area contributed by atoms with Crippen LogP contribution < -0.4 is 0 Å². The number of carbonyl (C=O) groups excluding carboxylic acids is 1. The van der Waals surface area contributed by atoms with E-state index in [1.807, 2.05) is 0 Å². The molecule has 1 aromatic rings. The average Bonchev–Trinajstić information content (AvgIpc) is 2.93. The van der Waals surface area contributed by atoms with Crippen LogP contribution in [0.2, 0.25) is 0 Å². The number of hydrogen-bond donors (Lipinski definition) is 0. The lowest BCUT2D eigenvalue weighted by Crippen LogP contribution is -2.29. The third kappa shape index (κ3) is 2.38. The summed E-state index contributed by atoms with van der Waals surface area (Å²) < 4.78 is 12.8. The zero-order valence-corrected chi connectivity index (χ0v) is 9.48. The summed E-state index contributed by atoms with van der Waals surface area (Å²) in [6, 6.07) is 2.72. The van der Waals surface area contributed by atoms with Crippen molar-refractivity contribution in [1.29, 1.82) is 0 Å². The molecular formula is C12H15FN2O. The molecule has 1 fully saturated rings. The van der Waals surface area contributed by atoms with Crippen LogP contribution in [0.15, 0.2) is 18.3 Å². The Hall–Kier alpha value is -1.45. The van der Waals surface area contributed by atoms with Gasteiger partial charge in [0.05, 0.1) is 0 Å². The normalized spacial score (nSPS) is 22.9. The Morgan fingerprint density at radius 1 is 1.69 bits per heavy atom. The maximum absolute atomic E-state index is 12.8. The van der Waals surface area contributed by atoms with Gasteiger partial charge in [0.1, 0.15) is 0 Å². The van der Waals surface area contributed by atoms with Crippen LogP contribution in [-0.2, 0) is 0 Å². The van der Waals surface area contributed by atoms with Crippen LogP contribution in [0.1, 0.15) is 23.7 Å². The fraction of sp³-hybridized carbons (Fsp3) is 0.500. The molecule has 86 valence electrons. The van der Waals surface area contributed by atoms with Gasteiger partial charge in [-0.15, -0.1) is 0 Å². The number of pyridine rings is 1. The molecule has 1 aromatic heterocycles. The second kappa shape index (κ2) is 4.20. The molecule has 0 bridgehead atoms. The lowest BCUT2D eigenvalue weighted by Gasteiger charge is -2.16. The van der Waals surface area contributed by atoms with Gasteiger partial charge in [0.25, 0.3) is 5.91 Å². The van der Waals surface area contributed by atoms with Gasteiger partial charge >= 0.3 is 0 Å². The second-order valence-corrected chi connectivity index (χ2v) is 4.53. The Kier molecular flexibility index (Phi) is 2.90. The monoisotopic (exact) mass is 222 g/mol. The van der Waals surface area contributed by atoms with Gasteiger partial charge in [-0.05, 0) is 24.3 Å². The summed E-state index contributed by atoms with van der Waals surface area (Å²) in [7, 11) is 1.76. The van der Waals surface area contributed by atoms with Crippen molar-refractivity contribution in [3.05, 3.63) is 29.8 Å². The number of amides is 1. The number of hydrogen-bond acceptors (Lipinski definition) is 2. The van der Waals surface area contributed by atoms with Gasteiger partial charge in [-0.1, -0.05) is 6.92 Å². The minimum Gasteiger partial charge on any atom is -0.341 e. The van der Waals surface area contributed by atoms with Crippen LogP contribution in [0.4, 0.5) is 4.39 Å². The zero-order chi connectivity index (χ0) is 11.7. The smallest absolute Gasteiger partial charge is 0.253 e. The molecule has 2 atom stereocenters. The molecule has 1 saturated carbocycles. The molecule has 0 spiro atoms. The Labute approximate surface area is 94.3 Å². The van der Waals surface area contributed by atoms with Gasteiger partial charge in [0, 0.05) is 31.4 Å². The zero-order valence-electron chi connectivity index (χ0n) is 9.48. The third-order valence-electron chi connectivity index (χ3n) is 3.10. The number of carbonyl (C=O) groups is 1. The molecule has 1 aliphatic carbocycles. The van der Waals surface area contributed by atoms with E-state index in [0.29, 0.717) is 17.4 Å². The van der Waals surface area contributed by atoms with Gasteiger partial charge in [-0.3, -0.25) is 4.79 Å². The molecule has 3 nitrogen and oxygen atoms in total. The molecule has 2 rings (SSSR count). The van der Waals surface area contributed by atoms with Gasteiger partial charge < -0.3 is 4.90 Å². The van der Waals surface area contributed by atoms with Crippen molar-refractivity contribution in [2.45, 2.75) is 13.3 Å². The van der Waals surface area contributed by atoms with Gasteiger partial charge in [0.2, 0.25) is 5.95 Å². The Balaban J connectivity index is 2.01. The molecule has 2 unspecified atom stereocenters. The van der Waals surface area contributed by atoms with Crippen LogP contribution in [0.3, 0.4) is 0 Å². The highest BCUT2D eigenvalue weighted by Gasteiger charge is 2.34. The van der Waals surface area contributed by atoms with Gasteiger partial charge in [-0.2, -0.15) is 4.39 Å². The molecule has 0 radical (unpaired) electrons. The molecule has 1 amide bonds. The lowest BCUT2D eigenvalue weighted by atomic mass is 10.2. The second-order valence-electron chi connectivity index (χ2n) is 4.53. The number of halogens is 1. The molecule has 0 aromatic carbocycles. The quantitative estimate of drug-likeness (QED) is 0.732. The summed E-state index contributed by atoms with van der Waals surface area (Å²) in [5.41, 5.74) is 0.364. The fourth-order valence-corrected chi connectivity index (χ4v) is 1.84. The van der Waals surface area contributed by atoms with E-state index >= 15 is 0 Å². The molecule has 0 N–H and O–H groups in total. The predicted molar refractivity (Wildman–Crippen MR) is 58.4 cm³/mol. The summed E-state index contributed by atoms with van der Waals surface area (Å²) in [5, 5.41) is 0. The summed E-state index contributed by atoms with van der Waals surface area (Å²) in [5.74, 6) is 0.574. The van der Waals surface area contributed by atoms with E-state index in [2.05, 4.69) is 11.9 Å². The molecule has 0 saturated heterocycles. The van der Waals surface area contributed by atoms with Crippen molar-refractivity contribution in [2.24, 2.45) is 11.8 Å². The minimum atomic E-state index is -0.612. The van der Waals surface area contributed by atoms with Crippen LogP contribution in [0, 0.1) is 17.8 Å². The van der Waals surface area contributed by atoms with Gasteiger partial charge in [0.15, 0.2) is 0 Å². The van der Waals surface area contributed by atoms with Crippen molar-refractivity contribution >= 4 is 5.91 Å². The van der Waals surface area contributed by atoms with Crippen molar-refractivity contribution < 1.29 is 9.18 Å². The minimum absolute atomic E-state index is 0.139. The van der Waals surface area contributed by atoms with Crippen molar-refractivity contribution in [2.75, 3.05) is 13.6 Å². The summed E-state index contributed by atoms with van der Waals surface area (Å²) in [6.45, 7) is 2.93. The standard InChI is InChI=1S/C12H15FN2O/c1-8-5-10(8)7-15(2)12(16)9-3-4-14-11(13)6-9/h3-4,6,8,10H,5,7H2,1-2H3. The van der Waals surface area contributed by atoms with Gasteiger partial charge in [-0.25, -0.2) is 4.98 Å². The maximum Gasteiger partial charge on any atom is 0.253 e. The SMILES string of the molecule is CC1CC1CN(C)C(=O)c1ccnc(F)c1. The lowest BCUT2D eigenvalue weighted by molar-refractivity contribution is 0.0786. The summed E-state index contributed by atoms with van der Waals surface area (Å²) in [4.78, 5) is 17.0. The highest BCUT2D eigenvalue weighted by atomic mass is 19.1. The van der Waals surface area contributed by atoms with Crippen LogP contribution in [0.5, 0.6) is 0 Å². The topological polar surface area (TPSA) is 33.2 Å². The van der Waals surface area contributed by atoms with Crippen molar-refractivity contribution in [3.63, 3.8) is 0 Å². The molecule has 1 aliphatic rings. The Morgan fingerprint density at radius 3 is 2.94 bits per heavy atom. The van der Waals surface area contributed by atoms with Crippen LogP contribution in [0.25, 0.3) is 0 Å². The van der Waals surface area contributed by atoms with E-state index < -0.39 is 5.95 Å². The number of aromatic nitrogens is 1. The highest BCUT2D eigenvalue weighted by Crippen LogP contribution is 2.38. The first kappa shape index (κ1) is 11.0. The summed E-state index contributed by atoms with van der Waals surface area (Å²) in [6.07, 6.45) is 2.50. The van der Waals surface area contributed by atoms with E-state index in [4.69, 9.17) is 0 Å². The van der Waals surface area contributed by atoms with Crippen LogP contribution in [-0.4, -0.2) is 29.4 Å². The molecule has 0 aliphatic heterocycles. The predicted octanol–water partition coefficient (Wildman–Crippen LogP) is 1.95. The van der Waals surface area contributed by atoms with E-state index in [-0.39, 0.29) is 5.91 Å². The molecule has 16 heavy (non-hydrogen) atoms. The van der Waals surface area contributed by atoms with Crippen molar-refractivity contribution in [1.82, 2.24) is 9.88 Å². The van der Waals surface area contributed by atoms with E-state index in [9.17, 15) is 9.18 Å². The van der Waals surface area contributed by atoms with Crippen LogP contribution >= 0.6 is 0 Å². The van der Waals surface area contributed by atoms with Crippen molar-refractivity contribution in [3.8, 4) is 0 Å².